The van der Waals surface area contributed by atoms with Gasteiger partial charge in [0.2, 0.25) is 0 Å². The highest BCUT2D eigenvalue weighted by atomic mass is 16.5. The summed E-state index contributed by atoms with van der Waals surface area (Å²) < 4.78 is 7.00. The molecule has 2 heterocycles. The van der Waals surface area contributed by atoms with Crippen LogP contribution in [0, 0.1) is 13.8 Å². The Labute approximate surface area is 153 Å². The standard InChI is InChI=1S/C21H22N2O3/c1-13-11-16(14(2)23(13)17-9-7-6-8-10-17)12-18-19(21(25)26-5)15(3)22(4)20(18)24/h6-12H,1-5H3/b18-12-. The average molecular weight is 350 g/mol. The van der Waals surface area contributed by atoms with Crippen LogP contribution in [0.25, 0.3) is 11.8 Å². The lowest BCUT2D eigenvalue weighted by atomic mass is 10.0. The second-order valence-electron chi connectivity index (χ2n) is 6.37. The van der Waals surface area contributed by atoms with Crippen LogP contribution in [-0.4, -0.2) is 35.5 Å². The summed E-state index contributed by atoms with van der Waals surface area (Å²) in [6.45, 7) is 5.77. The number of amides is 1. The molecule has 0 saturated heterocycles. The normalized spacial score (nSPS) is 16.0. The highest BCUT2D eigenvalue weighted by molar-refractivity contribution is 6.16. The van der Waals surface area contributed by atoms with Crippen molar-refractivity contribution >= 4 is 18.0 Å². The lowest BCUT2D eigenvalue weighted by molar-refractivity contribution is -0.136. The zero-order chi connectivity index (χ0) is 19.0. The fraction of sp³-hybridized carbons (Fsp3) is 0.238. The Morgan fingerprint density at radius 2 is 1.77 bits per heavy atom. The predicted octanol–water partition coefficient (Wildman–Crippen LogP) is 3.40. The summed E-state index contributed by atoms with van der Waals surface area (Å²) >= 11 is 0. The number of nitrogens with zero attached hydrogens (tertiary/aromatic N) is 2. The monoisotopic (exact) mass is 350 g/mol. The van der Waals surface area contributed by atoms with Gasteiger partial charge in [0.25, 0.3) is 5.91 Å². The molecule has 5 nitrogen and oxygen atoms in total. The van der Waals surface area contributed by atoms with Gasteiger partial charge in [0.1, 0.15) is 0 Å². The van der Waals surface area contributed by atoms with Crippen molar-refractivity contribution in [1.82, 2.24) is 9.47 Å². The van der Waals surface area contributed by atoms with Gasteiger partial charge in [0, 0.05) is 29.8 Å². The first-order valence-corrected chi connectivity index (χ1v) is 8.40. The molecule has 1 amide bonds. The Morgan fingerprint density at radius 1 is 1.12 bits per heavy atom. The molecule has 0 bridgehead atoms. The summed E-state index contributed by atoms with van der Waals surface area (Å²) in [5, 5.41) is 0. The largest absolute Gasteiger partial charge is 0.465 e. The molecule has 0 spiro atoms. The Kier molecular flexibility index (Phi) is 4.55. The minimum absolute atomic E-state index is 0.201. The van der Waals surface area contributed by atoms with Crippen LogP contribution in [0.1, 0.15) is 23.9 Å². The van der Waals surface area contributed by atoms with E-state index in [2.05, 4.69) is 4.57 Å². The van der Waals surface area contributed by atoms with E-state index in [4.69, 9.17) is 4.74 Å². The Bertz CT molecular complexity index is 949. The van der Waals surface area contributed by atoms with Gasteiger partial charge in [0.15, 0.2) is 0 Å². The molecular weight excluding hydrogens is 328 g/mol. The number of para-hydroxylation sites is 1. The molecule has 0 unspecified atom stereocenters. The van der Waals surface area contributed by atoms with E-state index in [1.165, 1.54) is 12.0 Å². The van der Waals surface area contributed by atoms with Crippen molar-refractivity contribution in [3.63, 3.8) is 0 Å². The van der Waals surface area contributed by atoms with Gasteiger partial charge in [-0.2, -0.15) is 0 Å². The fourth-order valence-corrected chi connectivity index (χ4v) is 3.36. The number of aromatic nitrogens is 1. The smallest absolute Gasteiger partial charge is 0.340 e. The van der Waals surface area contributed by atoms with E-state index < -0.39 is 5.97 Å². The topological polar surface area (TPSA) is 51.5 Å². The SMILES string of the molecule is COC(=O)C1=C(C)N(C)C(=O)/C1=C\c1cc(C)n(-c2ccccc2)c1C. The Morgan fingerprint density at radius 3 is 2.38 bits per heavy atom. The Hall–Kier alpha value is -3.08. The first-order valence-electron chi connectivity index (χ1n) is 8.40. The van der Waals surface area contributed by atoms with Crippen LogP contribution in [-0.2, 0) is 14.3 Å². The van der Waals surface area contributed by atoms with Gasteiger partial charge in [-0.25, -0.2) is 4.79 Å². The average Bonchev–Trinajstić information content (AvgIpc) is 3.03. The maximum absolute atomic E-state index is 12.6. The lowest BCUT2D eigenvalue weighted by Crippen LogP contribution is -2.19. The maximum atomic E-state index is 12.6. The number of hydrogen-bond acceptors (Lipinski definition) is 3. The van der Waals surface area contributed by atoms with Crippen molar-refractivity contribution in [2.75, 3.05) is 14.2 Å². The van der Waals surface area contributed by atoms with Crippen molar-refractivity contribution < 1.29 is 14.3 Å². The molecule has 2 aromatic rings. The summed E-state index contributed by atoms with van der Waals surface area (Å²) in [5.41, 5.74) is 5.31. The number of rotatable bonds is 3. The van der Waals surface area contributed by atoms with Crippen LogP contribution in [0.5, 0.6) is 0 Å². The molecule has 0 saturated carbocycles. The minimum atomic E-state index is -0.497. The van der Waals surface area contributed by atoms with Gasteiger partial charge in [0.05, 0.1) is 18.3 Å². The number of benzene rings is 1. The highest BCUT2D eigenvalue weighted by Gasteiger charge is 2.35. The van der Waals surface area contributed by atoms with Gasteiger partial charge in [-0.05, 0) is 50.6 Å². The van der Waals surface area contributed by atoms with Crippen molar-refractivity contribution in [3.8, 4) is 5.69 Å². The van der Waals surface area contributed by atoms with E-state index in [0.717, 1.165) is 22.6 Å². The number of ether oxygens (including phenoxy) is 1. The van der Waals surface area contributed by atoms with E-state index in [-0.39, 0.29) is 5.91 Å². The summed E-state index contributed by atoms with van der Waals surface area (Å²) in [6, 6.07) is 12.0. The van der Waals surface area contributed by atoms with Crippen LogP contribution in [0.3, 0.4) is 0 Å². The lowest BCUT2D eigenvalue weighted by Gasteiger charge is -2.09. The summed E-state index contributed by atoms with van der Waals surface area (Å²) in [6.07, 6.45) is 1.78. The number of carbonyl (C=O) groups is 2. The first-order chi connectivity index (χ1) is 12.4. The van der Waals surface area contributed by atoms with E-state index in [9.17, 15) is 9.59 Å². The molecule has 5 heteroatoms. The van der Waals surface area contributed by atoms with E-state index in [1.54, 1.807) is 20.0 Å². The van der Waals surface area contributed by atoms with E-state index in [1.807, 2.05) is 50.2 Å². The molecule has 134 valence electrons. The summed E-state index contributed by atoms with van der Waals surface area (Å²) in [5.74, 6) is -0.698. The quantitative estimate of drug-likeness (QED) is 0.630. The third-order valence-electron chi connectivity index (χ3n) is 4.84. The van der Waals surface area contributed by atoms with E-state index in [0.29, 0.717) is 16.8 Å². The van der Waals surface area contributed by atoms with Crippen molar-refractivity contribution in [2.24, 2.45) is 0 Å². The first kappa shape index (κ1) is 17.7. The van der Waals surface area contributed by atoms with Crippen LogP contribution < -0.4 is 0 Å². The molecule has 0 atom stereocenters. The molecule has 26 heavy (non-hydrogen) atoms. The number of allylic oxidation sites excluding steroid dienone is 1. The van der Waals surface area contributed by atoms with Gasteiger partial charge in [-0.1, -0.05) is 18.2 Å². The maximum Gasteiger partial charge on any atom is 0.340 e. The van der Waals surface area contributed by atoms with Gasteiger partial charge in [-0.15, -0.1) is 0 Å². The van der Waals surface area contributed by atoms with Gasteiger partial charge < -0.3 is 14.2 Å². The van der Waals surface area contributed by atoms with Crippen molar-refractivity contribution in [3.05, 3.63) is 70.2 Å². The molecular formula is C21H22N2O3. The third-order valence-corrected chi connectivity index (χ3v) is 4.84. The van der Waals surface area contributed by atoms with Gasteiger partial charge >= 0.3 is 5.97 Å². The molecule has 1 aliphatic rings. The molecule has 3 rings (SSSR count). The zero-order valence-electron chi connectivity index (χ0n) is 15.7. The fourth-order valence-electron chi connectivity index (χ4n) is 3.36. The number of hydrogen-bond donors (Lipinski definition) is 0. The van der Waals surface area contributed by atoms with Crippen LogP contribution in [0.2, 0.25) is 0 Å². The van der Waals surface area contributed by atoms with E-state index >= 15 is 0 Å². The molecule has 0 N–H and O–H groups in total. The molecule has 0 aliphatic carbocycles. The zero-order valence-corrected chi connectivity index (χ0v) is 15.7. The van der Waals surface area contributed by atoms with Crippen molar-refractivity contribution in [2.45, 2.75) is 20.8 Å². The molecule has 0 radical (unpaired) electrons. The molecule has 1 aliphatic heterocycles. The number of methoxy groups -OCH3 is 1. The van der Waals surface area contributed by atoms with Crippen LogP contribution in [0.15, 0.2) is 53.2 Å². The number of esters is 1. The third kappa shape index (κ3) is 2.75. The Balaban J connectivity index is 2.14. The second kappa shape index (κ2) is 6.67. The summed E-state index contributed by atoms with van der Waals surface area (Å²) in [4.78, 5) is 26.3. The summed E-state index contributed by atoms with van der Waals surface area (Å²) in [7, 11) is 2.99. The van der Waals surface area contributed by atoms with Gasteiger partial charge in [-0.3, -0.25) is 4.79 Å². The van der Waals surface area contributed by atoms with Crippen LogP contribution in [0.4, 0.5) is 0 Å². The van der Waals surface area contributed by atoms with Crippen LogP contribution >= 0.6 is 0 Å². The number of likely N-dealkylation sites (N-methyl/N-ethyl adjacent to an activating group) is 1. The molecule has 0 fully saturated rings. The van der Waals surface area contributed by atoms with Crippen molar-refractivity contribution in [1.29, 1.82) is 0 Å². The highest BCUT2D eigenvalue weighted by Crippen LogP contribution is 2.32. The predicted molar refractivity (Wildman–Crippen MR) is 101 cm³/mol. The number of carbonyl (C=O) groups excluding carboxylic acids is 2. The second-order valence-corrected chi connectivity index (χ2v) is 6.37. The number of aryl methyl sites for hydroxylation is 1. The molecule has 1 aromatic carbocycles. The minimum Gasteiger partial charge on any atom is -0.465 e. The molecule has 1 aromatic heterocycles.